The molecule has 1 aliphatic rings. The van der Waals surface area contributed by atoms with E-state index in [2.05, 4.69) is 12.1 Å². The van der Waals surface area contributed by atoms with Gasteiger partial charge in [-0.15, -0.1) is 0 Å². The summed E-state index contributed by atoms with van der Waals surface area (Å²) < 4.78 is 5.68. The molecule has 0 atom stereocenters. The monoisotopic (exact) mass is 346 g/mol. The summed E-state index contributed by atoms with van der Waals surface area (Å²) in [6, 6.07) is 17.2. The summed E-state index contributed by atoms with van der Waals surface area (Å²) in [7, 11) is 0. The van der Waals surface area contributed by atoms with E-state index in [1.807, 2.05) is 48.2 Å². The van der Waals surface area contributed by atoms with E-state index in [1.165, 1.54) is 0 Å². The normalized spacial score (nSPS) is 13.0. The SMILES string of the molecule is CCN(C(=O)COc1ccc(-c2ccc(C#N)cc2)cc1)C1=CCCC1. The minimum Gasteiger partial charge on any atom is -0.484 e. The zero-order valence-electron chi connectivity index (χ0n) is 14.9. The van der Waals surface area contributed by atoms with Gasteiger partial charge in [0.1, 0.15) is 5.75 Å². The highest BCUT2D eigenvalue weighted by molar-refractivity contribution is 5.79. The predicted molar refractivity (Wildman–Crippen MR) is 101 cm³/mol. The average Bonchev–Trinajstić information content (AvgIpc) is 3.22. The fourth-order valence-corrected chi connectivity index (χ4v) is 3.14. The molecule has 0 aliphatic heterocycles. The Labute approximate surface area is 154 Å². The minimum absolute atomic E-state index is 0.00295. The van der Waals surface area contributed by atoms with Crippen molar-refractivity contribution >= 4 is 5.91 Å². The standard InChI is InChI=1S/C22H22N2O2/c1-2-24(20-5-3-4-6-20)22(25)16-26-21-13-11-19(12-14-21)18-9-7-17(15-23)8-10-18/h5,7-14H,2-4,6,16H2,1H3. The Balaban J connectivity index is 1.60. The molecule has 132 valence electrons. The van der Waals surface area contributed by atoms with E-state index >= 15 is 0 Å². The maximum Gasteiger partial charge on any atom is 0.264 e. The van der Waals surface area contributed by atoms with Crippen LogP contribution in [0.3, 0.4) is 0 Å². The number of carbonyl (C=O) groups excluding carboxylic acids is 1. The Morgan fingerprint density at radius 1 is 1.12 bits per heavy atom. The van der Waals surface area contributed by atoms with Crippen molar-refractivity contribution in [2.24, 2.45) is 0 Å². The van der Waals surface area contributed by atoms with Gasteiger partial charge in [-0.25, -0.2) is 0 Å². The van der Waals surface area contributed by atoms with Gasteiger partial charge in [0.05, 0.1) is 11.6 Å². The highest BCUT2D eigenvalue weighted by Crippen LogP contribution is 2.24. The zero-order valence-corrected chi connectivity index (χ0v) is 14.9. The molecule has 0 spiro atoms. The van der Waals surface area contributed by atoms with Crippen LogP contribution in [0.1, 0.15) is 31.7 Å². The van der Waals surface area contributed by atoms with E-state index in [0.29, 0.717) is 17.9 Å². The average molecular weight is 346 g/mol. The summed E-state index contributed by atoms with van der Waals surface area (Å²) in [5.74, 6) is 0.670. The summed E-state index contributed by atoms with van der Waals surface area (Å²) in [6.07, 6.45) is 5.29. The minimum atomic E-state index is -0.00295. The van der Waals surface area contributed by atoms with Crippen molar-refractivity contribution in [2.45, 2.75) is 26.2 Å². The summed E-state index contributed by atoms with van der Waals surface area (Å²) >= 11 is 0. The highest BCUT2D eigenvalue weighted by atomic mass is 16.5. The summed E-state index contributed by atoms with van der Waals surface area (Å²) in [4.78, 5) is 14.2. The lowest BCUT2D eigenvalue weighted by Gasteiger charge is -2.22. The van der Waals surface area contributed by atoms with Crippen LogP contribution in [0.25, 0.3) is 11.1 Å². The van der Waals surface area contributed by atoms with Gasteiger partial charge in [-0.1, -0.05) is 30.3 Å². The Morgan fingerprint density at radius 2 is 1.77 bits per heavy atom. The number of nitriles is 1. The first-order valence-corrected chi connectivity index (χ1v) is 8.94. The van der Waals surface area contributed by atoms with Crippen LogP contribution in [0.5, 0.6) is 5.75 Å². The number of ether oxygens (including phenoxy) is 1. The number of allylic oxidation sites excluding steroid dienone is 2. The molecule has 4 heteroatoms. The predicted octanol–water partition coefficient (Wildman–Crippen LogP) is 4.52. The molecule has 1 aliphatic carbocycles. The lowest BCUT2D eigenvalue weighted by molar-refractivity contribution is -0.131. The molecule has 0 radical (unpaired) electrons. The summed E-state index contributed by atoms with van der Waals surface area (Å²) in [5.41, 5.74) is 3.85. The zero-order chi connectivity index (χ0) is 18.4. The molecule has 0 N–H and O–H groups in total. The third kappa shape index (κ3) is 4.12. The number of benzene rings is 2. The molecule has 0 unspecified atom stereocenters. The van der Waals surface area contributed by atoms with Gasteiger partial charge in [0.2, 0.25) is 0 Å². The first-order valence-electron chi connectivity index (χ1n) is 8.94. The molecular weight excluding hydrogens is 324 g/mol. The van der Waals surface area contributed by atoms with E-state index in [-0.39, 0.29) is 12.5 Å². The fourth-order valence-electron chi connectivity index (χ4n) is 3.14. The number of likely N-dealkylation sites (N-methyl/N-ethyl adjacent to an activating group) is 1. The quantitative estimate of drug-likeness (QED) is 0.773. The van der Waals surface area contributed by atoms with E-state index in [9.17, 15) is 4.79 Å². The van der Waals surface area contributed by atoms with Gasteiger partial charge < -0.3 is 9.64 Å². The molecule has 0 saturated heterocycles. The van der Waals surface area contributed by atoms with Crippen LogP contribution in [0.4, 0.5) is 0 Å². The molecule has 0 aromatic heterocycles. The van der Waals surface area contributed by atoms with E-state index in [0.717, 1.165) is 36.1 Å². The Bertz CT molecular complexity index is 830. The second kappa shape index (κ2) is 8.35. The summed E-state index contributed by atoms with van der Waals surface area (Å²) in [6.45, 7) is 2.70. The number of carbonyl (C=O) groups is 1. The van der Waals surface area contributed by atoms with Crippen LogP contribution in [0, 0.1) is 11.3 Å². The van der Waals surface area contributed by atoms with Crippen LogP contribution in [0.2, 0.25) is 0 Å². The van der Waals surface area contributed by atoms with E-state index < -0.39 is 0 Å². The first kappa shape index (κ1) is 17.8. The van der Waals surface area contributed by atoms with Gasteiger partial charge in [0.25, 0.3) is 5.91 Å². The van der Waals surface area contributed by atoms with Gasteiger partial charge >= 0.3 is 0 Å². The molecule has 0 fully saturated rings. The number of hydrogen-bond acceptors (Lipinski definition) is 3. The van der Waals surface area contributed by atoms with E-state index in [4.69, 9.17) is 10.00 Å². The molecule has 0 heterocycles. The molecule has 0 saturated carbocycles. The van der Waals surface area contributed by atoms with Crippen LogP contribution in [0.15, 0.2) is 60.3 Å². The van der Waals surface area contributed by atoms with Gasteiger partial charge in [0.15, 0.2) is 6.61 Å². The molecule has 2 aromatic rings. The van der Waals surface area contributed by atoms with Crippen LogP contribution >= 0.6 is 0 Å². The van der Waals surface area contributed by atoms with Gasteiger partial charge in [-0.2, -0.15) is 5.26 Å². The van der Waals surface area contributed by atoms with Crippen LogP contribution in [-0.4, -0.2) is 24.0 Å². The molecule has 3 rings (SSSR count). The first-order chi connectivity index (χ1) is 12.7. The van der Waals surface area contributed by atoms with E-state index in [1.54, 1.807) is 12.1 Å². The lowest BCUT2D eigenvalue weighted by Crippen LogP contribution is -2.33. The van der Waals surface area contributed by atoms with Crippen molar-refractivity contribution in [3.8, 4) is 22.9 Å². The maximum absolute atomic E-state index is 12.4. The maximum atomic E-state index is 12.4. The lowest BCUT2D eigenvalue weighted by atomic mass is 10.0. The molecule has 0 bridgehead atoms. The van der Waals surface area contributed by atoms with Crippen molar-refractivity contribution in [3.05, 3.63) is 65.9 Å². The molecule has 1 amide bonds. The fraction of sp³-hybridized carbons (Fsp3) is 0.273. The van der Waals surface area contributed by atoms with Crippen molar-refractivity contribution < 1.29 is 9.53 Å². The number of amides is 1. The highest BCUT2D eigenvalue weighted by Gasteiger charge is 2.18. The number of hydrogen-bond donors (Lipinski definition) is 0. The summed E-state index contributed by atoms with van der Waals surface area (Å²) in [5, 5.41) is 8.86. The van der Waals surface area contributed by atoms with Crippen LogP contribution in [-0.2, 0) is 4.79 Å². The third-order valence-electron chi connectivity index (χ3n) is 4.54. The topological polar surface area (TPSA) is 53.3 Å². The molecule has 26 heavy (non-hydrogen) atoms. The second-order valence-corrected chi connectivity index (χ2v) is 6.23. The second-order valence-electron chi connectivity index (χ2n) is 6.23. The van der Waals surface area contributed by atoms with Crippen molar-refractivity contribution in [3.63, 3.8) is 0 Å². The smallest absolute Gasteiger partial charge is 0.264 e. The van der Waals surface area contributed by atoms with Crippen LogP contribution < -0.4 is 4.74 Å². The van der Waals surface area contributed by atoms with Crippen molar-refractivity contribution in [2.75, 3.05) is 13.2 Å². The Morgan fingerprint density at radius 3 is 2.31 bits per heavy atom. The largest absolute Gasteiger partial charge is 0.484 e. The Kier molecular flexibility index (Phi) is 5.70. The number of rotatable bonds is 6. The van der Waals surface area contributed by atoms with Gasteiger partial charge in [0, 0.05) is 12.2 Å². The van der Waals surface area contributed by atoms with Gasteiger partial charge in [-0.05, 0) is 61.6 Å². The van der Waals surface area contributed by atoms with Gasteiger partial charge in [-0.3, -0.25) is 4.79 Å². The van der Waals surface area contributed by atoms with Crippen molar-refractivity contribution in [1.82, 2.24) is 4.90 Å². The molecule has 2 aromatic carbocycles. The molecule has 4 nitrogen and oxygen atoms in total. The third-order valence-corrected chi connectivity index (χ3v) is 4.54. The Hall–Kier alpha value is -3.06. The molecular formula is C22H22N2O2. The van der Waals surface area contributed by atoms with Crippen molar-refractivity contribution in [1.29, 1.82) is 5.26 Å². The number of nitrogens with zero attached hydrogens (tertiary/aromatic N) is 2.